The molecule has 5 heteroatoms. The van der Waals surface area contributed by atoms with E-state index in [1.807, 2.05) is 31.4 Å². The first-order valence-corrected chi connectivity index (χ1v) is 8.55. The standard InChI is InChI=1S/C16H21NO3S/c1-11-5-4-8-17(14(11)16(19)20)15(18)13-7-3-6-12(9-13)10-21-2/h3,6-7,9,11,14H,4-5,8,10H2,1-2H3,(H,19,20). The number of rotatable bonds is 4. The molecular weight excluding hydrogens is 286 g/mol. The van der Waals surface area contributed by atoms with Crippen LogP contribution >= 0.6 is 11.8 Å². The van der Waals surface area contributed by atoms with E-state index >= 15 is 0 Å². The summed E-state index contributed by atoms with van der Waals surface area (Å²) in [5.41, 5.74) is 1.67. The molecular formula is C16H21NO3S. The number of amides is 1. The summed E-state index contributed by atoms with van der Waals surface area (Å²) in [6.45, 7) is 2.43. The Balaban J connectivity index is 2.25. The molecule has 0 aliphatic carbocycles. The highest BCUT2D eigenvalue weighted by Gasteiger charge is 2.37. The Morgan fingerprint density at radius 1 is 1.43 bits per heavy atom. The van der Waals surface area contributed by atoms with Crippen molar-refractivity contribution in [2.75, 3.05) is 12.8 Å². The average Bonchev–Trinajstić information content (AvgIpc) is 2.46. The number of piperidine rings is 1. The van der Waals surface area contributed by atoms with Crippen molar-refractivity contribution < 1.29 is 14.7 Å². The van der Waals surface area contributed by atoms with E-state index < -0.39 is 12.0 Å². The number of benzene rings is 1. The fraction of sp³-hybridized carbons (Fsp3) is 0.500. The van der Waals surface area contributed by atoms with Gasteiger partial charge >= 0.3 is 5.97 Å². The summed E-state index contributed by atoms with van der Waals surface area (Å²) >= 11 is 1.70. The first-order valence-electron chi connectivity index (χ1n) is 7.16. The van der Waals surface area contributed by atoms with Crippen molar-refractivity contribution >= 4 is 23.6 Å². The largest absolute Gasteiger partial charge is 0.480 e. The molecule has 1 aromatic carbocycles. The third-order valence-corrected chi connectivity index (χ3v) is 4.55. The van der Waals surface area contributed by atoms with Gasteiger partial charge in [0.1, 0.15) is 6.04 Å². The smallest absolute Gasteiger partial charge is 0.326 e. The van der Waals surface area contributed by atoms with Gasteiger partial charge in [-0.25, -0.2) is 4.79 Å². The molecule has 1 aliphatic heterocycles. The minimum atomic E-state index is -0.907. The van der Waals surface area contributed by atoms with E-state index in [0.717, 1.165) is 24.2 Å². The lowest BCUT2D eigenvalue weighted by atomic mass is 9.90. The number of hydrogen-bond acceptors (Lipinski definition) is 3. The molecule has 21 heavy (non-hydrogen) atoms. The molecule has 1 amide bonds. The van der Waals surface area contributed by atoms with Crippen LogP contribution in [0.3, 0.4) is 0 Å². The summed E-state index contributed by atoms with van der Waals surface area (Å²) in [6.07, 6.45) is 3.73. The molecule has 2 rings (SSSR count). The van der Waals surface area contributed by atoms with Gasteiger partial charge in [0.05, 0.1) is 0 Å². The van der Waals surface area contributed by atoms with Crippen LogP contribution in [0.4, 0.5) is 0 Å². The van der Waals surface area contributed by atoms with Crippen LogP contribution in [0, 0.1) is 5.92 Å². The second-order valence-electron chi connectivity index (χ2n) is 5.53. The fourth-order valence-corrected chi connectivity index (χ4v) is 3.43. The maximum Gasteiger partial charge on any atom is 0.326 e. The molecule has 0 aromatic heterocycles. The second-order valence-corrected chi connectivity index (χ2v) is 6.40. The monoisotopic (exact) mass is 307 g/mol. The van der Waals surface area contributed by atoms with Crippen LogP contribution in [0.15, 0.2) is 24.3 Å². The summed E-state index contributed by atoms with van der Waals surface area (Å²) in [5, 5.41) is 9.42. The predicted molar refractivity (Wildman–Crippen MR) is 84.5 cm³/mol. The zero-order valence-electron chi connectivity index (χ0n) is 12.4. The predicted octanol–water partition coefficient (Wildman–Crippen LogP) is 2.87. The van der Waals surface area contributed by atoms with Crippen LogP contribution in [0.1, 0.15) is 35.7 Å². The molecule has 0 spiro atoms. The maximum atomic E-state index is 12.7. The Morgan fingerprint density at radius 2 is 2.19 bits per heavy atom. The first-order chi connectivity index (χ1) is 10.0. The van der Waals surface area contributed by atoms with Gasteiger partial charge in [-0.1, -0.05) is 19.1 Å². The number of carbonyl (C=O) groups is 2. The van der Waals surface area contributed by atoms with Crippen molar-refractivity contribution in [3.8, 4) is 0 Å². The van der Waals surface area contributed by atoms with Crippen LogP contribution in [0.25, 0.3) is 0 Å². The molecule has 0 bridgehead atoms. The van der Waals surface area contributed by atoms with Gasteiger partial charge in [-0.3, -0.25) is 4.79 Å². The normalized spacial score (nSPS) is 22.1. The van der Waals surface area contributed by atoms with Crippen molar-refractivity contribution in [3.05, 3.63) is 35.4 Å². The summed E-state index contributed by atoms with van der Waals surface area (Å²) in [7, 11) is 0. The zero-order chi connectivity index (χ0) is 15.4. The second kappa shape index (κ2) is 6.98. The van der Waals surface area contributed by atoms with Gasteiger partial charge in [0.25, 0.3) is 5.91 Å². The van der Waals surface area contributed by atoms with Crippen LogP contribution < -0.4 is 0 Å². The summed E-state index contributed by atoms with van der Waals surface area (Å²) in [6, 6.07) is 6.78. The SMILES string of the molecule is CSCc1cccc(C(=O)N2CCCC(C)C2C(=O)O)c1. The van der Waals surface area contributed by atoms with Crippen molar-refractivity contribution in [2.45, 2.75) is 31.6 Å². The molecule has 4 nitrogen and oxygen atoms in total. The minimum Gasteiger partial charge on any atom is -0.480 e. The number of nitrogens with zero attached hydrogens (tertiary/aromatic N) is 1. The van der Waals surface area contributed by atoms with Crippen LogP contribution in [-0.4, -0.2) is 40.7 Å². The number of hydrogen-bond donors (Lipinski definition) is 1. The van der Waals surface area contributed by atoms with Gasteiger partial charge in [0.15, 0.2) is 0 Å². The molecule has 1 aromatic rings. The van der Waals surface area contributed by atoms with E-state index in [1.165, 1.54) is 4.90 Å². The van der Waals surface area contributed by atoms with Gasteiger partial charge in [-0.05, 0) is 42.7 Å². The Labute approximate surface area is 129 Å². The van der Waals surface area contributed by atoms with Crippen LogP contribution in [0.5, 0.6) is 0 Å². The maximum absolute atomic E-state index is 12.7. The number of thioether (sulfide) groups is 1. The molecule has 0 saturated carbocycles. The van der Waals surface area contributed by atoms with E-state index in [1.54, 1.807) is 17.8 Å². The number of carboxylic acids is 1. The minimum absolute atomic E-state index is 0.00502. The highest BCUT2D eigenvalue weighted by Crippen LogP contribution is 2.25. The molecule has 1 N–H and O–H groups in total. The van der Waals surface area contributed by atoms with Gasteiger partial charge in [0, 0.05) is 17.9 Å². The Hall–Kier alpha value is -1.49. The van der Waals surface area contributed by atoms with Crippen molar-refractivity contribution in [1.82, 2.24) is 4.90 Å². The van der Waals surface area contributed by atoms with E-state index in [-0.39, 0.29) is 11.8 Å². The van der Waals surface area contributed by atoms with Crippen LogP contribution in [0.2, 0.25) is 0 Å². The lowest BCUT2D eigenvalue weighted by Gasteiger charge is -2.37. The quantitative estimate of drug-likeness (QED) is 0.929. The molecule has 0 radical (unpaired) electrons. The molecule has 2 atom stereocenters. The molecule has 114 valence electrons. The summed E-state index contributed by atoms with van der Waals surface area (Å²) in [5.74, 6) is -0.234. The highest BCUT2D eigenvalue weighted by molar-refractivity contribution is 7.97. The molecule has 1 fully saturated rings. The Kier molecular flexibility index (Phi) is 5.28. The zero-order valence-corrected chi connectivity index (χ0v) is 13.2. The molecule has 1 aliphatic rings. The van der Waals surface area contributed by atoms with Crippen molar-refractivity contribution in [3.63, 3.8) is 0 Å². The van der Waals surface area contributed by atoms with Crippen molar-refractivity contribution in [2.24, 2.45) is 5.92 Å². The Bertz CT molecular complexity index is 532. The van der Waals surface area contributed by atoms with E-state index in [2.05, 4.69) is 0 Å². The number of carboxylic acid groups (broad SMARTS) is 1. The first kappa shape index (κ1) is 15.9. The topological polar surface area (TPSA) is 57.6 Å². The number of likely N-dealkylation sites (tertiary alicyclic amines) is 1. The van der Waals surface area contributed by atoms with E-state index in [4.69, 9.17) is 0 Å². The molecule has 1 saturated heterocycles. The van der Waals surface area contributed by atoms with Gasteiger partial charge in [-0.15, -0.1) is 0 Å². The van der Waals surface area contributed by atoms with Gasteiger partial charge < -0.3 is 10.0 Å². The Morgan fingerprint density at radius 3 is 2.86 bits per heavy atom. The molecule has 1 heterocycles. The summed E-state index contributed by atoms with van der Waals surface area (Å²) in [4.78, 5) is 25.7. The van der Waals surface area contributed by atoms with E-state index in [9.17, 15) is 14.7 Å². The fourth-order valence-electron chi connectivity index (χ4n) is 2.92. The van der Waals surface area contributed by atoms with Crippen LogP contribution in [-0.2, 0) is 10.5 Å². The molecule has 2 unspecified atom stereocenters. The van der Waals surface area contributed by atoms with Gasteiger partial charge in [0.2, 0.25) is 0 Å². The summed E-state index contributed by atoms with van der Waals surface area (Å²) < 4.78 is 0. The third-order valence-electron chi connectivity index (χ3n) is 3.93. The third kappa shape index (κ3) is 3.59. The highest BCUT2D eigenvalue weighted by atomic mass is 32.2. The number of aliphatic carboxylic acids is 1. The van der Waals surface area contributed by atoms with E-state index in [0.29, 0.717) is 12.1 Å². The van der Waals surface area contributed by atoms with Gasteiger partial charge in [-0.2, -0.15) is 11.8 Å². The van der Waals surface area contributed by atoms with Crippen molar-refractivity contribution in [1.29, 1.82) is 0 Å². The lowest BCUT2D eigenvalue weighted by molar-refractivity contribution is -0.145. The average molecular weight is 307 g/mol. The number of carbonyl (C=O) groups excluding carboxylic acids is 1. The lowest BCUT2D eigenvalue weighted by Crippen LogP contribution is -2.51.